The first kappa shape index (κ1) is 11.3. The SMILES string of the molecule is Cc1nn(C)c(Cl)c1CC(=O)C1CC2CC2C1. The molecule has 1 heterocycles. The number of hydrogen-bond acceptors (Lipinski definition) is 2. The van der Waals surface area contributed by atoms with Gasteiger partial charge in [0.05, 0.1) is 5.69 Å². The number of Topliss-reactive ketones (excluding diaryl/α,β-unsaturated/α-hetero) is 1. The number of ketones is 1. The minimum atomic E-state index is 0.287. The second-order valence-corrected chi connectivity index (χ2v) is 5.90. The quantitative estimate of drug-likeness (QED) is 0.829. The lowest BCUT2D eigenvalue weighted by Crippen LogP contribution is -2.15. The van der Waals surface area contributed by atoms with E-state index < -0.39 is 0 Å². The summed E-state index contributed by atoms with van der Waals surface area (Å²) < 4.78 is 1.64. The lowest BCUT2D eigenvalue weighted by molar-refractivity contribution is -0.122. The molecular formula is C13H17ClN2O. The molecule has 0 saturated heterocycles. The molecule has 2 atom stereocenters. The summed E-state index contributed by atoms with van der Waals surface area (Å²) in [6, 6.07) is 0. The van der Waals surface area contributed by atoms with E-state index in [2.05, 4.69) is 5.10 Å². The Kier molecular flexibility index (Phi) is 2.54. The summed E-state index contributed by atoms with van der Waals surface area (Å²) in [5.74, 6) is 2.36. The van der Waals surface area contributed by atoms with Crippen LogP contribution in [0.1, 0.15) is 30.5 Å². The van der Waals surface area contributed by atoms with Crippen LogP contribution in [0.5, 0.6) is 0 Å². The van der Waals surface area contributed by atoms with Crippen LogP contribution in [0.25, 0.3) is 0 Å². The molecule has 0 radical (unpaired) electrons. The van der Waals surface area contributed by atoms with Crippen molar-refractivity contribution in [2.24, 2.45) is 24.8 Å². The van der Waals surface area contributed by atoms with Gasteiger partial charge in [0.25, 0.3) is 0 Å². The van der Waals surface area contributed by atoms with Crippen LogP contribution in [0, 0.1) is 24.7 Å². The van der Waals surface area contributed by atoms with Gasteiger partial charge in [-0.2, -0.15) is 5.10 Å². The number of rotatable bonds is 3. The summed E-state index contributed by atoms with van der Waals surface area (Å²) in [6.07, 6.45) is 4.04. The fraction of sp³-hybridized carbons (Fsp3) is 0.692. The number of carbonyl (C=O) groups excluding carboxylic acids is 1. The summed E-state index contributed by atoms with van der Waals surface area (Å²) in [7, 11) is 1.81. The first-order valence-corrected chi connectivity index (χ1v) is 6.64. The Morgan fingerprint density at radius 3 is 2.59 bits per heavy atom. The van der Waals surface area contributed by atoms with Crippen molar-refractivity contribution < 1.29 is 4.79 Å². The highest BCUT2D eigenvalue weighted by atomic mass is 35.5. The number of aromatic nitrogens is 2. The molecule has 0 N–H and O–H groups in total. The molecule has 0 aromatic carbocycles. The number of hydrogen-bond donors (Lipinski definition) is 0. The van der Waals surface area contributed by atoms with Gasteiger partial charge >= 0.3 is 0 Å². The zero-order valence-electron chi connectivity index (χ0n) is 10.2. The summed E-state index contributed by atoms with van der Waals surface area (Å²) in [6.45, 7) is 1.92. The van der Waals surface area contributed by atoms with E-state index in [-0.39, 0.29) is 5.92 Å². The number of nitrogens with zero attached hydrogens (tertiary/aromatic N) is 2. The molecule has 2 aliphatic rings. The maximum atomic E-state index is 12.2. The molecule has 1 aromatic heterocycles. The molecule has 92 valence electrons. The zero-order valence-corrected chi connectivity index (χ0v) is 11.0. The van der Waals surface area contributed by atoms with Crippen molar-refractivity contribution in [3.8, 4) is 0 Å². The van der Waals surface area contributed by atoms with E-state index >= 15 is 0 Å². The standard InChI is InChI=1S/C13H17ClN2O/c1-7-11(13(14)16(2)15-7)6-12(17)10-4-8-3-9(8)5-10/h8-10H,3-6H2,1-2H3. The van der Waals surface area contributed by atoms with Crippen molar-refractivity contribution in [1.29, 1.82) is 0 Å². The average molecular weight is 253 g/mol. The molecular weight excluding hydrogens is 236 g/mol. The van der Waals surface area contributed by atoms with Crippen LogP contribution in [-0.4, -0.2) is 15.6 Å². The second kappa shape index (κ2) is 3.84. The predicted octanol–water partition coefficient (Wildman–Crippen LogP) is 2.54. The minimum absolute atomic E-state index is 0.287. The van der Waals surface area contributed by atoms with Crippen LogP contribution in [0.3, 0.4) is 0 Å². The van der Waals surface area contributed by atoms with Crippen molar-refractivity contribution in [2.45, 2.75) is 32.6 Å². The molecule has 0 bridgehead atoms. The van der Waals surface area contributed by atoms with E-state index in [1.807, 2.05) is 14.0 Å². The molecule has 3 nitrogen and oxygen atoms in total. The summed E-state index contributed by atoms with van der Waals surface area (Å²) in [4.78, 5) is 12.2. The van der Waals surface area contributed by atoms with Crippen LogP contribution in [-0.2, 0) is 18.3 Å². The average Bonchev–Trinajstić information content (AvgIpc) is 2.83. The van der Waals surface area contributed by atoms with Gasteiger partial charge in [0.1, 0.15) is 10.9 Å². The molecule has 0 spiro atoms. The molecule has 4 heteroatoms. The maximum Gasteiger partial charge on any atom is 0.140 e. The van der Waals surface area contributed by atoms with E-state index in [9.17, 15) is 4.79 Å². The Labute approximate surface area is 106 Å². The van der Waals surface area contributed by atoms with E-state index in [1.165, 1.54) is 6.42 Å². The summed E-state index contributed by atoms with van der Waals surface area (Å²) >= 11 is 6.15. The van der Waals surface area contributed by atoms with E-state index in [0.717, 1.165) is 35.9 Å². The maximum absolute atomic E-state index is 12.2. The number of aryl methyl sites for hydroxylation is 2. The largest absolute Gasteiger partial charge is 0.299 e. The van der Waals surface area contributed by atoms with Crippen molar-refractivity contribution in [2.75, 3.05) is 0 Å². The minimum Gasteiger partial charge on any atom is -0.299 e. The predicted molar refractivity (Wildman–Crippen MR) is 66.0 cm³/mol. The van der Waals surface area contributed by atoms with Gasteiger partial charge in [-0.1, -0.05) is 11.6 Å². The van der Waals surface area contributed by atoms with Gasteiger partial charge in [0.2, 0.25) is 0 Å². The molecule has 2 unspecified atom stereocenters. The first-order chi connectivity index (χ1) is 8.06. The third kappa shape index (κ3) is 1.90. The van der Waals surface area contributed by atoms with E-state index in [4.69, 9.17) is 11.6 Å². The van der Waals surface area contributed by atoms with Gasteiger partial charge in [-0.3, -0.25) is 9.48 Å². The van der Waals surface area contributed by atoms with E-state index in [0.29, 0.717) is 17.4 Å². The molecule has 0 aliphatic heterocycles. The third-order valence-electron chi connectivity index (χ3n) is 4.32. The molecule has 3 rings (SSSR count). The molecule has 2 saturated carbocycles. The first-order valence-electron chi connectivity index (χ1n) is 6.27. The monoisotopic (exact) mass is 252 g/mol. The highest BCUT2D eigenvalue weighted by molar-refractivity contribution is 6.30. The normalized spacial score (nSPS) is 30.4. The fourth-order valence-electron chi connectivity index (χ4n) is 3.17. The van der Waals surface area contributed by atoms with Gasteiger partial charge in [-0.05, 0) is 38.0 Å². The zero-order chi connectivity index (χ0) is 12.2. The Bertz CT molecular complexity index is 470. The molecule has 2 aliphatic carbocycles. The Morgan fingerprint density at radius 1 is 1.41 bits per heavy atom. The van der Waals surface area contributed by atoms with Crippen LogP contribution < -0.4 is 0 Å². The van der Waals surface area contributed by atoms with Gasteiger partial charge in [-0.25, -0.2) is 0 Å². The Hall–Kier alpha value is -0.830. The number of carbonyl (C=O) groups is 1. The number of halogens is 1. The van der Waals surface area contributed by atoms with E-state index in [1.54, 1.807) is 4.68 Å². The second-order valence-electron chi connectivity index (χ2n) is 5.55. The Balaban J connectivity index is 1.71. The highest BCUT2D eigenvalue weighted by Crippen LogP contribution is 2.54. The van der Waals surface area contributed by atoms with Gasteiger partial charge < -0.3 is 0 Å². The molecule has 2 fully saturated rings. The van der Waals surface area contributed by atoms with Crippen LogP contribution >= 0.6 is 11.6 Å². The summed E-state index contributed by atoms with van der Waals surface area (Å²) in [5, 5.41) is 4.86. The molecule has 1 aromatic rings. The van der Waals surface area contributed by atoms with Crippen LogP contribution in [0.15, 0.2) is 0 Å². The van der Waals surface area contributed by atoms with Gasteiger partial charge in [0, 0.05) is 24.9 Å². The number of fused-ring (bicyclic) bond motifs is 1. The van der Waals surface area contributed by atoms with Crippen LogP contribution in [0.2, 0.25) is 5.15 Å². The highest BCUT2D eigenvalue weighted by Gasteiger charge is 2.47. The van der Waals surface area contributed by atoms with Crippen molar-refractivity contribution in [1.82, 2.24) is 9.78 Å². The summed E-state index contributed by atoms with van der Waals surface area (Å²) in [5.41, 5.74) is 1.80. The van der Waals surface area contributed by atoms with Gasteiger partial charge in [-0.15, -0.1) is 0 Å². The Morgan fingerprint density at radius 2 is 2.06 bits per heavy atom. The van der Waals surface area contributed by atoms with Gasteiger partial charge in [0.15, 0.2) is 0 Å². The van der Waals surface area contributed by atoms with Crippen molar-refractivity contribution in [3.63, 3.8) is 0 Å². The fourth-order valence-corrected chi connectivity index (χ4v) is 3.41. The topological polar surface area (TPSA) is 34.9 Å². The smallest absolute Gasteiger partial charge is 0.140 e. The van der Waals surface area contributed by atoms with Crippen molar-refractivity contribution in [3.05, 3.63) is 16.4 Å². The molecule has 17 heavy (non-hydrogen) atoms. The lowest BCUT2D eigenvalue weighted by atomic mass is 9.94. The lowest BCUT2D eigenvalue weighted by Gasteiger charge is -2.10. The third-order valence-corrected chi connectivity index (χ3v) is 4.79. The van der Waals surface area contributed by atoms with Crippen LogP contribution in [0.4, 0.5) is 0 Å². The molecule has 0 amide bonds. The van der Waals surface area contributed by atoms with Crippen molar-refractivity contribution >= 4 is 17.4 Å².